The normalized spacial score (nSPS) is 17.8. The lowest BCUT2D eigenvalue weighted by molar-refractivity contribution is -0.138. The Bertz CT molecular complexity index is 1190. The first kappa shape index (κ1) is 29.3. The quantitative estimate of drug-likeness (QED) is 0.363. The number of benzene rings is 2. The van der Waals surface area contributed by atoms with Gasteiger partial charge in [-0.15, -0.1) is 0 Å². The van der Waals surface area contributed by atoms with Crippen molar-refractivity contribution in [2.24, 2.45) is 0 Å². The summed E-state index contributed by atoms with van der Waals surface area (Å²) < 4.78 is 86.6. The van der Waals surface area contributed by atoms with Gasteiger partial charge >= 0.3 is 18.4 Å². The summed E-state index contributed by atoms with van der Waals surface area (Å²) in [4.78, 5) is 28.4. The predicted octanol–water partition coefficient (Wildman–Crippen LogP) is 7.66. The summed E-state index contributed by atoms with van der Waals surface area (Å²) in [6.07, 6.45) is -10.0. The number of alkyl halides is 6. The monoisotopic (exact) mass is 544 g/mol. The van der Waals surface area contributed by atoms with Crippen molar-refractivity contribution in [2.75, 3.05) is 4.90 Å². The molecule has 2 aromatic rings. The van der Waals surface area contributed by atoms with Crippen molar-refractivity contribution in [1.29, 1.82) is 0 Å². The Hall–Kier alpha value is -3.24. The lowest BCUT2D eigenvalue weighted by Crippen LogP contribution is -2.49. The summed E-state index contributed by atoms with van der Waals surface area (Å²) in [5.74, 6) is -0.526. The topological polar surface area (TPSA) is 49.9 Å². The van der Waals surface area contributed by atoms with Crippen molar-refractivity contribution in [3.8, 4) is 0 Å². The summed E-state index contributed by atoms with van der Waals surface area (Å²) in [6, 6.07) is 4.91. The molecule has 2 amide bonds. The maximum atomic E-state index is 13.7. The fraction of sp³-hybridized carbons (Fsp3) is 0.481. The maximum Gasteiger partial charge on any atom is 0.416 e. The smallest absolute Gasteiger partial charge is 0.416 e. The van der Waals surface area contributed by atoms with Crippen LogP contribution >= 0.6 is 0 Å². The van der Waals surface area contributed by atoms with Gasteiger partial charge in [0.15, 0.2) is 0 Å². The van der Waals surface area contributed by atoms with Crippen LogP contribution in [0, 0.1) is 6.92 Å². The SMILES string of the molecule is CC[C@@H]1C[C@H](N(Cc2cc(C)cc(C(F)(F)F)c2)C(C)=O)c2cc(C(F)(F)F)ccc2N1C(=O)OC(C)C. The van der Waals surface area contributed by atoms with Crippen LogP contribution in [0.25, 0.3) is 0 Å². The second kappa shape index (κ2) is 10.9. The average molecular weight is 545 g/mol. The van der Waals surface area contributed by atoms with Crippen LogP contribution in [-0.4, -0.2) is 29.0 Å². The Morgan fingerprint density at radius 1 is 1.03 bits per heavy atom. The molecule has 1 heterocycles. The molecule has 3 rings (SSSR count). The van der Waals surface area contributed by atoms with E-state index in [9.17, 15) is 35.9 Å². The molecule has 2 aromatic carbocycles. The summed E-state index contributed by atoms with van der Waals surface area (Å²) >= 11 is 0. The van der Waals surface area contributed by atoms with Crippen molar-refractivity contribution in [3.05, 3.63) is 64.2 Å². The van der Waals surface area contributed by atoms with Crippen molar-refractivity contribution >= 4 is 17.7 Å². The maximum absolute atomic E-state index is 13.7. The number of ether oxygens (including phenoxy) is 1. The predicted molar refractivity (Wildman–Crippen MR) is 129 cm³/mol. The number of halogens is 6. The second-order valence-corrected chi connectivity index (χ2v) is 9.74. The van der Waals surface area contributed by atoms with Crippen molar-refractivity contribution in [1.82, 2.24) is 4.90 Å². The Morgan fingerprint density at radius 3 is 2.18 bits per heavy atom. The first-order chi connectivity index (χ1) is 17.5. The lowest BCUT2D eigenvalue weighted by atomic mass is 9.87. The van der Waals surface area contributed by atoms with Crippen LogP contribution in [-0.2, 0) is 28.4 Å². The largest absolute Gasteiger partial charge is 0.446 e. The molecular formula is C27H30F6N2O3. The first-order valence-electron chi connectivity index (χ1n) is 12.2. The van der Waals surface area contributed by atoms with E-state index in [-0.39, 0.29) is 29.8 Å². The Kier molecular flexibility index (Phi) is 8.38. The number of hydrogen-bond donors (Lipinski definition) is 0. The van der Waals surface area contributed by atoms with Gasteiger partial charge in [-0.05, 0) is 75.1 Å². The van der Waals surface area contributed by atoms with Crippen LogP contribution in [0.3, 0.4) is 0 Å². The van der Waals surface area contributed by atoms with Gasteiger partial charge in [-0.1, -0.05) is 18.6 Å². The summed E-state index contributed by atoms with van der Waals surface area (Å²) in [5, 5.41) is 0. The highest BCUT2D eigenvalue weighted by Gasteiger charge is 2.42. The van der Waals surface area contributed by atoms with Crippen LogP contribution in [0.5, 0.6) is 0 Å². The minimum Gasteiger partial charge on any atom is -0.446 e. The summed E-state index contributed by atoms with van der Waals surface area (Å²) in [6.45, 7) is 7.54. The average Bonchev–Trinajstić information content (AvgIpc) is 2.79. The van der Waals surface area contributed by atoms with E-state index in [0.29, 0.717) is 12.0 Å². The number of nitrogens with zero attached hydrogens (tertiary/aromatic N) is 2. The van der Waals surface area contributed by atoms with Gasteiger partial charge in [-0.25, -0.2) is 4.79 Å². The van der Waals surface area contributed by atoms with E-state index >= 15 is 0 Å². The molecular weight excluding hydrogens is 514 g/mol. The van der Waals surface area contributed by atoms with E-state index < -0.39 is 53.7 Å². The number of carbonyl (C=O) groups excluding carboxylic acids is 2. The number of aryl methyl sites for hydroxylation is 1. The van der Waals surface area contributed by atoms with Crippen molar-refractivity contribution in [3.63, 3.8) is 0 Å². The minimum atomic E-state index is -4.69. The van der Waals surface area contributed by atoms with Crippen LogP contribution in [0.4, 0.5) is 36.8 Å². The van der Waals surface area contributed by atoms with Gasteiger partial charge in [0.25, 0.3) is 0 Å². The fourth-order valence-electron chi connectivity index (χ4n) is 4.81. The Balaban J connectivity index is 2.16. The number of anilines is 1. The molecule has 0 N–H and O–H groups in total. The number of fused-ring (bicyclic) bond motifs is 1. The van der Waals surface area contributed by atoms with E-state index in [1.807, 2.05) is 0 Å². The van der Waals surface area contributed by atoms with Crippen molar-refractivity contribution in [2.45, 2.75) is 84.5 Å². The zero-order chi connectivity index (χ0) is 28.6. The molecule has 2 atom stereocenters. The molecule has 0 saturated heterocycles. The van der Waals surface area contributed by atoms with Gasteiger partial charge in [-0.3, -0.25) is 9.69 Å². The molecule has 0 radical (unpaired) electrons. The van der Waals surface area contributed by atoms with Gasteiger partial charge in [-0.2, -0.15) is 26.3 Å². The molecule has 0 aliphatic carbocycles. The van der Waals surface area contributed by atoms with Crippen LogP contribution < -0.4 is 4.90 Å². The third-order valence-electron chi connectivity index (χ3n) is 6.44. The zero-order valence-electron chi connectivity index (χ0n) is 21.7. The number of amides is 2. The third kappa shape index (κ3) is 6.42. The Morgan fingerprint density at radius 2 is 1.66 bits per heavy atom. The molecule has 1 aliphatic rings. The van der Waals surface area contributed by atoms with Gasteiger partial charge in [0, 0.05) is 19.5 Å². The molecule has 1 aliphatic heterocycles. The molecule has 0 fully saturated rings. The van der Waals surface area contributed by atoms with E-state index in [0.717, 1.165) is 24.3 Å². The highest BCUT2D eigenvalue weighted by atomic mass is 19.4. The first-order valence-corrected chi connectivity index (χ1v) is 12.2. The summed E-state index contributed by atoms with van der Waals surface area (Å²) in [5.41, 5.74) is -1.09. The molecule has 0 saturated carbocycles. The lowest BCUT2D eigenvalue weighted by Gasteiger charge is -2.44. The van der Waals surface area contributed by atoms with Gasteiger partial charge in [0.1, 0.15) is 0 Å². The van der Waals surface area contributed by atoms with Gasteiger partial charge in [0.05, 0.1) is 29.0 Å². The van der Waals surface area contributed by atoms with Crippen LogP contribution in [0.2, 0.25) is 0 Å². The van der Waals surface area contributed by atoms with E-state index in [4.69, 9.17) is 4.74 Å². The number of rotatable bonds is 5. The standard InChI is InChI=1S/C27H30F6N2O3/c1-6-21-13-24(34(17(5)36)14-18-9-16(4)10-20(11-18)27(31,32)33)22-12-19(26(28,29)30)7-8-23(22)35(21)25(37)38-15(2)3/h7-12,15,21,24H,6,13-14H2,1-5H3/t21-,24+/m1/s1. The van der Waals surface area contributed by atoms with Crippen molar-refractivity contribution < 1.29 is 40.7 Å². The van der Waals surface area contributed by atoms with E-state index in [1.165, 1.54) is 35.8 Å². The van der Waals surface area contributed by atoms with Crippen LogP contribution in [0.15, 0.2) is 36.4 Å². The molecule has 208 valence electrons. The zero-order valence-corrected chi connectivity index (χ0v) is 21.7. The van der Waals surface area contributed by atoms with Crippen LogP contribution in [0.1, 0.15) is 74.4 Å². The van der Waals surface area contributed by atoms with E-state index in [2.05, 4.69) is 0 Å². The molecule has 0 bridgehead atoms. The third-order valence-corrected chi connectivity index (χ3v) is 6.44. The number of carbonyl (C=O) groups is 2. The van der Waals surface area contributed by atoms with Gasteiger partial charge in [0.2, 0.25) is 5.91 Å². The second-order valence-electron chi connectivity index (χ2n) is 9.74. The molecule has 0 unspecified atom stereocenters. The number of hydrogen-bond acceptors (Lipinski definition) is 3. The highest BCUT2D eigenvalue weighted by molar-refractivity contribution is 5.91. The molecule has 38 heavy (non-hydrogen) atoms. The fourth-order valence-corrected chi connectivity index (χ4v) is 4.81. The van der Waals surface area contributed by atoms with E-state index in [1.54, 1.807) is 20.8 Å². The summed E-state index contributed by atoms with van der Waals surface area (Å²) in [7, 11) is 0. The molecule has 5 nitrogen and oxygen atoms in total. The molecule has 0 spiro atoms. The minimum absolute atomic E-state index is 0.0733. The Labute approximate surface area is 217 Å². The van der Waals surface area contributed by atoms with Gasteiger partial charge < -0.3 is 9.64 Å². The highest BCUT2D eigenvalue weighted by Crippen LogP contribution is 2.45. The molecule has 0 aromatic heterocycles. The molecule has 11 heteroatoms.